The molecule has 0 atom stereocenters. The summed E-state index contributed by atoms with van der Waals surface area (Å²) < 4.78 is 0. The van der Waals surface area contributed by atoms with E-state index in [0.717, 1.165) is 38.0 Å². The SMILES string of the molecule is Cc1cc(C)cc(C2(CNC3CCN(C(=O)c4ccncc4)CC3)CCCC2)c1. The predicted octanol–water partition coefficient (Wildman–Crippen LogP) is 4.40. The molecule has 0 radical (unpaired) electrons. The molecule has 1 N–H and O–H groups in total. The van der Waals surface area contributed by atoms with Crippen LogP contribution >= 0.6 is 0 Å². The van der Waals surface area contributed by atoms with Crippen LogP contribution in [0.25, 0.3) is 0 Å². The topological polar surface area (TPSA) is 45.2 Å². The maximum absolute atomic E-state index is 12.7. The van der Waals surface area contributed by atoms with Crippen LogP contribution in [-0.4, -0.2) is 41.5 Å². The minimum absolute atomic E-state index is 0.133. The van der Waals surface area contributed by atoms with Crippen molar-refractivity contribution in [3.63, 3.8) is 0 Å². The zero-order chi connectivity index (χ0) is 20.3. The Morgan fingerprint density at radius 1 is 1.07 bits per heavy atom. The maximum atomic E-state index is 12.7. The fraction of sp³-hybridized carbons (Fsp3) is 0.520. The van der Waals surface area contributed by atoms with Crippen LogP contribution in [0.2, 0.25) is 0 Å². The second-order valence-electron chi connectivity index (χ2n) is 9.05. The number of piperidine rings is 1. The average molecular weight is 392 g/mol. The molecule has 4 nitrogen and oxygen atoms in total. The van der Waals surface area contributed by atoms with Crippen molar-refractivity contribution in [2.75, 3.05) is 19.6 Å². The molecule has 1 aromatic carbocycles. The van der Waals surface area contributed by atoms with Gasteiger partial charge in [-0.1, -0.05) is 42.2 Å². The largest absolute Gasteiger partial charge is 0.339 e. The Kier molecular flexibility index (Phi) is 6.00. The molecule has 1 amide bonds. The van der Waals surface area contributed by atoms with E-state index < -0.39 is 0 Å². The van der Waals surface area contributed by atoms with Gasteiger partial charge in [-0.15, -0.1) is 0 Å². The summed E-state index contributed by atoms with van der Waals surface area (Å²) in [7, 11) is 0. The van der Waals surface area contributed by atoms with Gasteiger partial charge in [-0.05, 0) is 57.2 Å². The maximum Gasteiger partial charge on any atom is 0.253 e. The van der Waals surface area contributed by atoms with Gasteiger partial charge >= 0.3 is 0 Å². The summed E-state index contributed by atoms with van der Waals surface area (Å²) in [4.78, 5) is 18.6. The molecular formula is C25H33N3O. The van der Waals surface area contributed by atoms with Crippen LogP contribution in [-0.2, 0) is 5.41 Å². The Morgan fingerprint density at radius 2 is 1.69 bits per heavy atom. The summed E-state index contributed by atoms with van der Waals surface area (Å²) in [6.45, 7) is 7.13. The molecule has 4 heteroatoms. The van der Waals surface area contributed by atoms with Crippen LogP contribution in [0.15, 0.2) is 42.7 Å². The van der Waals surface area contributed by atoms with Crippen LogP contribution in [0.3, 0.4) is 0 Å². The van der Waals surface area contributed by atoms with E-state index in [4.69, 9.17) is 0 Å². The van der Waals surface area contributed by atoms with E-state index in [1.54, 1.807) is 24.5 Å². The third-order valence-electron chi connectivity index (χ3n) is 6.83. The van der Waals surface area contributed by atoms with Crippen molar-refractivity contribution < 1.29 is 4.79 Å². The first-order valence-electron chi connectivity index (χ1n) is 11.1. The summed E-state index contributed by atoms with van der Waals surface area (Å²) in [5, 5.41) is 3.89. The summed E-state index contributed by atoms with van der Waals surface area (Å²) in [6, 6.07) is 11.2. The van der Waals surface area contributed by atoms with E-state index in [1.807, 2.05) is 4.90 Å². The molecule has 4 rings (SSSR count). The van der Waals surface area contributed by atoms with Crippen molar-refractivity contribution in [2.24, 2.45) is 0 Å². The fourth-order valence-corrected chi connectivity index (χ4v) is 5.20. The Balaban J connectivity index is 1.36. The number of aromatic nitrogens is 1. The third kappa shape index (κ3) is 4.53. The molecule has 0 bridgehead atoms. The monoisotopic (exact) mass is 391 g/mol. The Bertz CT molecular complexity index is 814. The summed E-state index contributed by atoms with van der Waals surface area (Å²) >= 11 is 0. The number of likely N-dealkylation sites (tertiary alicyclic amines) is 1. The zero-order valence-corrected chi connectivity index (χ0v) is 17.8. The van der Waals surface area contributed by atoms with Crippen LogP contribution in [0.5, 0.6) is 0 Å². The van der Waals surface area contributed by atoms with Gasteiger partial charge in [0.15, 0.2) is 0 Å². The van der Waals surface area contributed by atoms with E-state index in [1.165, 1.54) is 42.4 Å². The lowest BCUT2D eigenvalue weighted by molar-refractivity contribution is 0.0703. The van der Waals surface area contributed by atoms with Crippen LogP contribution in [0.4, 0.5) is 0 Å². The Labute approximate surface area is 174 Å². The normalized spacial score (nSPS) is 19.4. The average Bonchev–Trinajstić information content (AvgIpc) is 3.22. The summed E-state index contributed by atoms with van der Waals surface area (Å²) in [6.07, 6.45) is 10.6. The fourth-order valence-electron chi connectivity index (χ4n) is 5.20. The quantitative estimate of drug-likeness (QED) is 0.821. The molecule has 1 aliphatic carbocycles. The number of carbonyl (C=O) groups excluding carboxylic acids is 1. The van der Waals surface area contributed by atoms with Crippen molar-refractivity contribution in [2.45, 2.75) is 63.8 Å². The number of nitrogens with zero attached hydrogens (tertiary/aromatic N) is 2. The number of benzene rings is 1. The molecule has 2 heterocycles. The van der Waals surface area contributed by atoms with E-state index in [0.29, 0.717) is 6.04 Å². The number of hydrogen-bond acceptors (Lipinski definition) is 3. The molecule has 154 valence electrons. The highest BCUT2D eigenvalue weighted by molar-refractivity contribution is 5.94. The first-order chi connectivity index (χ1) is 14.1. The third-order valence-corrected chi connectivity index (χ3v) is 6.83. The molecular weight excluding hydrogens is 358 g/mol. The molecule has 1 saturated carbocycles. The van der Waals surface area contributed by atoms with Gasteiger partial charge in [0.2, 0.25) is 0 Å². The summed E-state index contributed by atoms with van der Waals surface area (Å²) in [5.74, 6) is 0.133. The number of amides is 1. The second kappa shape index (κ2) is 8.66. The molecule has 1 saturated heterocycles. The summed E-state index contributed by atoms with van der Waals surface area (Å²) in [5.41, 5.74) is 5.28. The number of hydrogen-bond donors (Lipinski definition) is 1. The number of rotatable bonds is 5. The van der Waals surface area contributed by atoms with Gasteiger partial charge in [-0.2, -0.15) is 0 Å². The first-order valence-corrected chi connectivity index (χ1v) is 11.1. The Morgan fingerprint density at radius 3 is 2.31 bits per heavy atom. The smallest absolute Gasteiger partial charge is 0.253 e. The van der Waals surface area contributed by atoms with E-state index in [2.05, 4.69) is 42.3 Å². The molecule has 29 heavy (non-hydrogen) atoms. The first kappa shape index (κ1) is 20.1. The predicted molar refractivity (Wildman–Crippen MR) is 117 cm³/mol. The lowest BCUT2D eigenvalue weighted by atomic mass is 9.77. The van der Waals surface area contributed by atoms with Gasteiger partial charge in [-0.3, -0.25) is 9.78 Å². The minimum Gasteiger partial charge on any atom is -0.339 e. The number of aryl methyl sites for hydroxylation is 2. The highest BCUT2D eigenvalue weighted by Crippen LogP contribution is 2.41. The van der Waals surface area contributed by atoms with E-state index >= 15 is 0 Å². The molecule has 1 aliphatic heterocycles. The number of pyridine rings is 1. The number of nitrogens with one attached hydrogen (secondary N) is 1. The van der Waals surface area contributed by atoms with Crippen molar-refractivity contribution >= 4 is 5.91 Å². The second-order valence-corrected chi connectivity index (χ2v) is 9.05. The lowest BCUT2D eigenvalue weighted by Crippen LogP contribution is -2.48. The van der Waals surface area contributed by atoms with Crippen LogP contribution in [0, 0.1) is 13.8 Å². The zero-order valence-electron chi connectivity index (χ0n) is 17.8. The van der Waals surface area contributed by atoms with Gasteiger partial charge in [0, 0.05) is 49.0 Å². The van der Waals surface area contributed by atoms with Gasteiger partial charge in [-0.25, -0.2) is 0 Å². The molecule has 1 aromatic heterocycles. The molecule has 0 spiro atoms. The Hall–Kier alpha value is -2.20. The van der Waals surface area contributed by atoms with Crippen LogP contribution in [0.1, 0.15) is 65.6 Å². The van der Waals surface area contributed by atoms with Gasteiger partial charge in [0.25, 0.3) is 5.91 Å². The lowest BCUT2D eigenvalue weighted by Gasteiger charge is -2.36. The highest BCUT2D eigenvalue weighted by Gasteiger charge is 2.36. The van der Waals surface area contributed by atoms with Gasteiger partial charge in [0.1, 0.15) is 0 Å². The van der Waals surface area contributed by atoms with Gasteiger partial charge < -0.3 is 10.2 Å². The van der Waals surface area contributed by atoms with Crippen molar-refractivity contribution in [3.05, 3.63) is 65.0 Å². The molecule has 2 aromatic rings. The molecule has 2 fully saturated rings. The highest BCUT2D eigenvalue weighted by atomic mass is 16.2. The number of carbonyl (C=O) groups is 1. The van der Waals surface area contributed by atoms with Crippen LogP contribution < -0.4 is 5.32 Å². The van der Waals surface area contributed by atoms with Crippen molar-refractivity contribution in [3.8, 4) is 0 Å². The molecule has 0 unspecified atom stereocenters. The standard InChI is InChI=1S/C25H33N3O/c1-19-15-20(2)17-22(16-19)25(9-3-4-10-25)18-27-23-7-13-28(14-8-23)24(29)21-5-11-26-12-6-21/h5-6,11-12,15-17,23,27H,3-4,7-10,13-14,18H2,1-2H3. The minimum atomic E-state index is 0.133. The van der Waals surface area contributed by atoms with E-state index in [-0.39, 0.29) is 11.3 Å². The van der Waals surface area contributed by atoms with E-state index in [9.17, 15) is 4.79 Å². The molecule has 2 aliphatic rings. The van der Waals surface area contributed by atoms with Crippen molar-refractivity contribution in [1.82, 2.24) is 15.2 Å². The van der Waals surface area contributed by atoms with Crippen molar-refractivity contribution in [1.29, 1.82) is 0 Å². The van der Waals surface area contributed by atoms with Gasteiger partial charge in [0.05, 0.1) is 0 Å².